The van der Waals surface area contributed by atoms with E-state index in [-0.39, 0.29) is 17.5 Å². The summed E-state index contributed by atoms with van der Waals surface area (Å²) in [6.45, 7) is 33.1. The van der Waals surface area contributed by atoms with Crippen molar-refractivity contribution in [3.05, 3.63) is 113 Å². The monoisotopic (exact) mass is 630 g/mol. The molecule has 1 atom stereocenters. The lowest BCUT2D eigenvalue weighted by Gasteiger charge is -2.18. The highest BCUT2D eigenvalue weighted by Gasteiger charge is 2.13. The lowest BCUT2D eigenvalue weighted by molar-refractivity contribution is -0.126. The number of aliphatic hydroxyl groups excluding tert-OH is 1. The van der Waals surface area contributed by atoms with Gasteiger partial charge in [-0.05, 0) is 114 Å². The Morgan fingerprint density at radius 2 is 1.52 bits per heavy atom. The first kappa shape index (κ1) is 44.4. The van der Waals surface area contributed by atoms with Gasteiger partial charge in [-0.15, -0.1) is 13.2 Å². The minimum absolute atomic E-state index is 0.00924. The van der Waals surface area contributed by atoms with Crippen LogP contribution in [0.2, 0.25) is 0 Å². The summed E-state index contributed by atoms with van der Waals surface area (Å²) in [5.41, 5.74) is 9.31. The fraction of sp³-hybridized carbons (Fsp3) is 0.463. The summed E-state index contributed by atoms with van der Waals surface area (Å²) in [7, 11) is 0. The molecule has 2 rings (SSSR count). The van der Waals surface area contributed by atoms with Gasteiger partial charge in [0.15, 0.2) is 11.6 Å². The first-order valence-electron chi connectivity index (χ1n) is 16.4. The molecular weight excluding hydrogens is 568 g/mol. The highest BCUT2D eigenvalue weighted by atomic mass is 16.3. The number of benzene rings is 1. The van der Waals surface area contributed by atoms with Gasteiger partial charge >= 0.3 is 0 Å². The van der Waals surface area contributed by atoms with Crippen LogP contribution in [-0.4, -0.2) is 32.7 Å². The number of hydrogen-bond donors (Lipinski definition) is 1. The highest BCUT2D eigenvalue weighted by Crippen LogP contribution is 2.29. The SMILES string of the molecule is C=C.C=C(C)/C(C(C)=O)=C(/C=C\C)\C=C(/C)c1cncc(C)n1.CC(=O)C(O)C(C)C.CCCC(CCC)c1ccc(C)cc1C. The van der Waals surface area contributed by atoms with Crippen molar-refractivity contribution in [2.24, 2.45) is 5.92 Å². The molecule has 1 heterocycles. The van der Waals surface area contributed by atoms with E-state index in [2.05, 4.69) is 75.6 Å². The predicted octanol–water partition coefficient (Wildman–Crippen LogP) is 10.6. The topological polar surface area (TPSA) is 80.2 Å². The molecule has 0 radical (unpaired) electrons. The number of carbonyl (C=O) groups excluding carboxylic acids is 2. The van der Waals surface area contributed by atoms with E-state index < -0.39 is 6.10 Å². The van der Waals surface area contributed by atoms with Gasteiger partial charge in [0.2, 0.25) is 0 Å². The zero-order valence-electron chi connectivity index (χ0n) is 31.0. The Hall–Kier alpha value is -3.70. The molecule has 2 aromatic rings. The Bertz CT molecular complexity index is 1310. The second-order valence-electron chi connectivity index (χ2n) is 12.0. The van der Waals surface area contributed by atoms with Crippen molar-refractivity contribution in [1.82, 2.24) is 9.97 Å². The maximum Gasteiger partial charge on any atom is 0.160 e. The standard InChI is InChI=1S/C18H22N2O.C15H24.C6H12O2.C2H4/c1-7-8-16(18(12(2)3)15(6)21)9-13(4)17-11-19-10-14(5)20-17;1-5-7-14(8-6-2)15-10-9-12(3)11-13(15)4;1-4(2)6(8)5(3)7;1-2/h7-11H,2H2,1,3-6H3;9-11,14H,5-8H2,1-4H3;4,6,8H,1-3H3;1-2H2/b8-7-,13-9+,18-16+;;;. The van der Waals surface area contributed by atoms with Crippen molar-refractivity contribution >= 4 is 17.1 Å². The minimum Gasteiger partial charge on any atom is -0.385 e. The number of aromatic nitrogens is 2. The summed E-state index contributed by atoms with van der Waals surface area (Å²) in [5, 5.41) is 8.85. The number of aryl methyl sites for hydroxylation is 3. The summed E-state index contributed by atoms with van der Waals surface area (Å²) in [4.78, 5) is 30.8. The molecule has 0 spiro atoms. The third-order valence-electron chi connectivity index (χ3n) is 7.13. The molecule has 1 unspecified atom stereocenters. The van der Waals surface area contributed by atoms with Gasteiger partial charge in [0.25, 0.3) is 0 Å². The molecule has 1 N–H and O–H groups in total. The van der Waals surface area contributed by atoms with E-state index in [1.165, 1.54) is 43.7 Å². The molecule has 5 nitrogen and oxygen atoms in total. The van der Waals surface area contributed by atoms with Crippen molar-refractivity contribution in [3.63, 3.8) is 0 Å². The van der Waals surface area contributed by atoms with Crippen LogP contribution in [0.4, 0.5) is 0 Å². The lowest BCUT2D eigenvalue weighted by Crippen LogP contribution is -2.22. The van der Waals surface area contributed by atoms with E-state index in [1.807, 2.05) is 59.8 Å². The smallest absolute Gasteiger partial charge is 0.160 e. The van der Waals surface area contributed by atoms with Gasteiger partial charge in [0.05, 0.1) is 17.6 Å². The van der Waals surface area contributed by atoms with Gasteiger partial charge < -0.3 is 5.11 Å². The summed E-state index contributed by atoms with van der Waals surface area (Å²) < 4.78 is 0. The number of nitrogens with zero attached hydrogens (tertiary/aromatic N) is 2. The van der Waals surface area contributed by atoms with E-state index >= 15 is 0 Å². The normalized spacial score (nSPS) is 12.2. The number of Topliss-reactive ketones (excluding diaryl/α,β-unsaturated/α-hetero) is 2. The zero-order chi connectivity index (χ0) is 36.0. The van der Waals surface area contributed by atoms with Crippen molar-refractivity contribution < 1.29 is 14.7 Å². The van der Waals surface area contributed by atoms with E-state index in [4.69, 9.17) is 5.11 Å². The fourth-order valence-electron chi connectivity index (χ4n) is 5.00. The predicted molar refractivity (Wildman–Crippen MR) is 199 cm³/mol. The molecule has 0 saturated heterocycles. The molecule has 0 aliphatic carbocycles. The molecule has 0 amide bonds. The quantitative estimate of drug-likeness (QED) is 0.143. The van der Waals surface area contributed by atoms with E-state index in [9.17, 15) is 9.59 Å². The number of ketones is 2. The lowest BCUT2D eigenvalue weighted by atomic mass is 9.87. The second kappa shape index (κ2) is 24.5. The van der Waals surface area contributed by atoms with Crippen LogP contribution < -0.4 is 0 Å². The van der Waals surface area contributed by atoms with Gasteiger partial charge in [-0.1, -0.05) is 83.0 Å². The zero-order valence-corrected chi connectivity index (χ0v) is 31.0. The van der Waals surface area contributed by atoms with Crippen LogP contribution in [0, 0.1) is 26.7 Å². The Labute approximate surface area is 281 Å². The summed E-state index contributed by atoms with van der Waals surface area (Å²) in [5.74, 6) is 0.683. The summed E-state index contributed by atoms with van der Waals surface area (Å²) >= 11 is 0. The van der Waals surface area contributed by atoms with Gasteiger partial charge in [-0.3, -0.25) is 19.6 Å². The Morgan fingerprint density at radius 3 is 1.89 bits per heavy atom. The molecule has 46 heavy (non-hydrogen) atoms. The molecule has 0 fully saturated rings. The third-order valence-corrected chi connectivity index (χ3v) is 7.13. The first-order valence-corrected chi connectivity index (χ1v) is 16.4. The van der Waals surface area contributed by atoms with Crippen molar-refractivity contribution in [1.29, 1.82) is 0 Å². The molecule has 0 bridgehead atoms. The largest absolute Gasteiger partial charge is 0.385 e. The summed E-state index contributed by atoms with van der Waals surface area (Å²) in [6, 6.07) is 6.90. The molecule has 1 aromatic heterocycles. The van der Waals surface area contributed by atoms with Gasteiger partial charge in [-0.2, -0.15) is 0 Å². The van der Waals surface area contributed by atoms with E-state index in [0.29, 0.717) is 5.57 Å². The third kappa shape index (κ3) is 17.1. The van der Waals surface area contributed by atoms with Gasteiger partial charge in [0.1, 0.15) is 6.10 Å². The number of carbonyl (C=O) groups is 2. The van der Waals surface area contributed by atoms with Crippen LogP contribution >= 0.6 is 0 Å². The maximum absolute atomic E-state index is 11.9. The number of hydrogen-bond acceptors (Lipinski definition) is 5. The van der Waals surface area contributed by atoms with Crippen LogP contribution in [0.3, 0.4) is 0 Å². The minimum atomic E-state index is -0.769. The number of aliphatic hydroxyl groups is 1. The van der Waals surface area contributed by atoms with Crippen LogP contribution in [-0.2, 0) is 9.59 Å². The molecule has 0 saturated carbocycles. The summed E-state index contributed by atoms with van der Waals surface area (Å²) in [6.07, 6.45) is 13.7. The second-order valence-corrected chi connectivity index (χ2v) is 12.0. The fourth-order valence-corrected chi connectivity index (χ4v) is 5.00. The molecule has 5 heteroatoms. The molecule has 254 valence electrons. The van der Waals surface area contributed by atoms with Gasteiger partial charge in [0, 0.05) is 11.8 Å². The molecule has 1 aromatic carbocycles. The van der Waals surface area contributed by atoms with Crippen LogP contribution in [0.5, 0.6) is 0 Å². The van der Waals surface area contributed by atoms with Crippen LogP contribution in [0.25, 0.3) is 5.57 Å². The van der Waals surface area contributed by atoms with Crippen molar-refractivity contribution in [3.8, 4) is 0 Å². The molecule has 0 aliphatic rings. The van der Waals surface area contributed by atoms with Crippen molar-refractivity contribution in [2.45, 2.75) is 121 Å². The Kier molecular flexibility index (Phi) is 23.7. The average molecular weight is 631 g/mol. The maximum atomic E-state index is 11.9. The van der Waals surface area contributed by atoms with Gasteiger partial charge in [-0.25, -0.2) is 0 Å². The molecule has 0 aliphatic heterocycles. The Morgan fingerprint density at radius 1 is 0.957 bits per heavy atom. The highest BCUT2D eigenvalue weighted by molar-refractivity contribution is 5.99. The van der Waals surface area contributed by atoms with Crippen LogP contribution in [0.15, 0.2) is 85.3 Å². The van der Waals surface area contributed by atoms with Crippen molar-refractivity contribution in [2.75, 3.05) is 0 Å². The van der Waals surface area contributed by atoms with Crippen LogP contribution in [0.1, 0.15) is 122 Å². The average Bonchev–Trinajstić information content (AvgIpc) is 2.98. The first-order chi connectivity index (χ1) is 21.6. The molecular formula is C41H62N2O3. The number of allylic oxidation sites excluding steroid dienone is 7. The van der Waals surface area contributed by atoms with E-state index in [1.54, 1.807) is 24.9 Å². The van der Waals surface area contributed by atoms with E-state index in [0.717, 1.165) is 34.0 Å². The number of rotatable bonds is 12. The Balaban J connectivity index is 0.